The molecular formula is C21H25NO2. The second kappa shape index (κ2) is 8.34. The predicted octanol–water partition coefficient (Wildman–Crippen LogP) is 4.19. The van der Waals surface area contributed by atoms with E-state index in [1.807, 2.05) is 48.5 Å². The first-order valence-electron chi connectivity index (χ1n) is 8.19. The average molecular weight is 323 g/mol. The third-order valence-corrected chi connectivity index (χ3v) is 3.62. The molecule has 0 fully saturated rings. The van der Waals surface area contributed by atoms with Gasteiger partial charge in [-0.05, 0) is 34.8 Å². The third kappa shape index (κ3) is 5.92. The Labute approximate surface area is 144 Å². The van der Waals surface area contributed by atoms with Crippen LogP contribution in [0.25, 0.3) is 6.08 Å². The van der Waals surface area contributed by atoms with Crippen molar-refractivity contribution in [2.45, 2.75) is 26.2 Å². The van der Waals surface area contributed by atoms with E-state index in [1.54, 1.807) is 6.08 Å². The lowest BCUT2D eigenvalue weighted by Gasteiger charge is -2.18. The summed E-state index contributed by atoms with van der Waals surface area (Å²) >= 11 is 0. The number of nitrogens with one attached hydrogen (secondary N) is 1. The van der Waals surface area contributed by atoms with Crippen LogP contribution in [-0.4, -0.2) is 19.1 Å². The Balaban J connectivity index is 1.74. The smallest absolute Gasteiger partial charge is 0.244 e. The van der Waals surface area contributed by atoms with Crippen molar-refractivity contribution < 1.29 is 9.53 Å². The normalized spacial score (nSPS) is 11.5. The lowest BCUT2D eigenvalue weighted by Crippen LogP contribution is -2.26. The molecule has 1 amide bonds. The van der Waals surface area contributed by atoms with Crippen LogP contribution in [0.5, 0.6) is 5.75 Å². The van der Waals surface area contributed by atoms with Crippen LogP contribution in [0.15, 0.2) is 60.7 Å². The van der Waals surface area contributed by atoms with E-state index in [0.29, 0.717) is 13.2 Å². The quantitative estimate of drug-likeness (QED) is 0.639. The molecule has 2 aromatic rings. The van der Waals surface area contributed by atoms with E-state index in [0.717, 1.165) is 11.3 Å². The molecule has 0 aliphatic carbocycles. The highest BCUT2D eigenvalue weighted by Crippen LogP contribution is 2.22. The first-order chi connectivity index (χ1) is 11.4. The molecule has 2 aromatic carbocycles. The van der Waals surface area contributed by atoms with Gasteiger partial charge in [0.1, 0.15) is 12.4 Å². The number of carbonyl (C=O) groups is 1. The average Bonchev–Trinajstić information content (AvgIpc) is 2.57. The topological polar surface area (TPSA) is 38.3 Å². The van der Waals surface area contributed by atoms with Crippen molar-refractivity contribution in [2.24, 2.45) is 0 Å². The van der Waals surface area contributed by atoms with Crippen LogP contribution in [0.4, 0.5) is 0 Å². The zero-order chi connectivity index (χ0) is 17.4. The van der Waals surface area contributed by atoms with Crippen LogP contribution in [0.1, 0.15) is 31.9 Å². The van der Waals surface area contributed by atoms with E-state index in [4.69, 9.17) is 4.74 Å². The van der Waals surface area contributed by atoms with Crippen molar-refractivity contribution in [3.8, 4) is 5.75 Å². The molecule has 0 unspecified atom stereocenters. The van der Waals surface area contributed by atoms with Crippen molar-refractivity contribution >= 4 is 12.0 Å². The van der Waals surface area contributed by atoms with Crippen molar-refractivity contribution in [1.29, 1.82) is 0 Å². The number of rotatable bonds is 6. The van der Waals surface area contributed by atoms with Crippen LogP contribution in [0.3, 0.4) is 0 Å². The van der Waals surface area contributed by atoms with Gasteiger partial charge in [0.2, 0.25) is 5.91 Å². The monoisotopic (exact) mass is 323 g/mol. The predicted molar refractivity (Wildman–Crippen MR) is 99.1 cm³/mol. The molecule has 0 saturated carbocycles. The van der Waals surface area contributed by atoms with Crippen LogP contribution in [0.2, 0.25) is 0 Å². The summed E-state index contributed by atoms with van der Waals surface area (Å²) in [7, 11) is 0. The Hall–Kier alpha value is -2.55. The zero-order valence-corrected chi connectivity index (χ0v) is 14.6. The summed E-state index contributed by atoms with van der Waals surface area (Å²) in [5.74, 6) is 0.688. The first-order valence-corrected chi connectivity index (χ1v) is 8.19. The Morgan fingerprint density at radius 1 is 1.04 bits per heavy atom. The largest absolute Gasteiger partial charge is 0.492 e. The van der Waals surface area contributed by atoms with Gasteiger partial charge in [-0.1, -0.05) is 63.2 Å². The lowest BCUT2D eigenvalue weighted by molar-refractivity contribution is -0.116. The van der Waals surface area contributed by atoms with Crippen LogP contribution in [0, 0.1) is 0 Å². The van der Waals surface area contributed by atoms with Gasteiger partial charge in [-0.25, -0.2) is 0 Å². The Morgan fingerprint density at radius 3 is 2.33 bits per heavy atom. The third-order valence-electron chi connectivity index (χ3n) is 3.62. The maximum absolute atomic E-state index is 11.8. The van der Waals surface area contributed by atoms with Gasteiger partial charge in [-0.15, -0.1) is 0 Å². The highest BCUT2D eigenvalue weighted by molar-refractivity contribution is 5.91. The standard InChI is InChI=1S/C21H25NO2/c1-21(2,3)18-12-9-17(10-13-18)11-14-20(23)22-15-16-24-19-7-5-4-6-8-19/h4-14H,15-16H2,1-3H3,(H,22,23)/b14-11+. The number of hydrogen-bond acceptors (Lipinski definition) is 2. The number of amides is 1. The lowest BCUT2D eigenvalue weighted by atomic mass is 9.87. The van der Waals surface area contributed by atoms with E-state index in [2.05, 4.69) is 38.2 Å². The van der Waals surface area contributed by atoms with Gasteiger partial charge < -0.3 is 10.1 Å². The van der Waals surface area contributed by atoms with Crippen LogP contribution >= 0.6 is 0 Å². The summed E-state index contributed by atoms with van der Waals surface area (Å²) in [6.45, 7) is 7.47. The maximum atomic E-state index is 11.8. The Kier molecular flexibility index (Phi) is 6.19. The van der Waals surface area contributed by atoms with E-state index in [1.165, 1.54) is 5.56 Å². The molecular weight excluding hydrogens is 298 g/mol. The Bertz CT molecular complexity index is 667. The van der Waals surface area contributed by atoms with Gasteiger partial charge >= 0.3 is 0 Å². The molecule has 3 heteroatoms. The minimum absolute atomic E-state index is 0.119. The summed E-state index contributed by atoms with van der Waals surface area (Å²) in [6.07, 6.45) is 3.37. The fraction of sp³-hybridized carbons (Fsp3) is 0.286. The molecule has 126 valence electrons. The number of ether oxygens (including phenoxy) is 1. The van der Waals surface area contributed by atoms with Gasteiger partial charge in [0, 0.05) is 6.08 Å². The number of benzene rings is 2. The van der Waals surface area contributed by atoms with Gasteiger partial charge in [0.25, 0.3) is 0 Å². The van der Waals surface area contributed by atoms with E-state index >= 15 is 0 Å². The molecule has 0 spiro atoms. The van der Waals surface area contributed by atoms with E-state index in [-0.39, 0.29) is 11.3 Å². The summed E-state index contributed by atoms with van der Waals surface area (Å²) in [5.41, 5.74) is 2.43. The SMILES string of the molecule is CC(C)(C)c1ccc(/C=C/C(=O)NCCOc2ccccc2)cc1. The van der Waals surface area contributed by atoms with Gasteiger partial charge in [0.15, 0.2) is 0 Å². The van der Waals surface area contributed by atoms with Gasteiger partial charge in [-0.2, -0.15) is 0 Å². The minimum Gasteiger partial charge on any atom is -0.492 e. The number of para-hydroxylation sites is 1. The highest BCUT2D eigenvalue weighted by atomic mass is 16.5. The van der Waals surface area contributed by atoms with Crippen molar-refractivity contribution in [3.05, 3.63) is 71.8 Å². The molecule has 0 bridgehead atoms. The summed E-state index contributed by atoms with van der Waals surface area (Å²) < 4.78 is 5.53. The van der Waals surface area contributed by atoms with Gasteiger partial charge in [-0.3, -0.25) is 4.79 Å². The van der Waals surface area contributed by atoms with E-state index < -0.39 is 0 Å². The molecule has 0 heterocycles. The molecule has 0 aliphatic heterocycles. The van der Waals surface area contributed by atoms with E-state index in [9.17, 15) is 4.79 Å². The summed E-state index contributed by atoms with van der Waals surface area (Å²) in [6, 6.07) is 17.8. The maximum Gasteiger partial charge on any atom is 0.244 e. The molecule has 3 nitrogen and oxygen atoms in total. The first kappa shape index (κ1) is 17.8. The molecule has 0 aromatic heterocycles. The fourth-order valence-electron chi connectivity index (χ4n) is 2.18. The molecule has 24 heavy (non-hydrogen) atoms. The number of carbonyl (C=O) groups excluding carboxylic acids is 1. The fourth-order valence-corrected chi connectivity index (χ4v) is 2.18. The second-order valence-electron chi connectivity index (χ2n) is 6.66. The molecule has 0 saturated heterocycles. The highest BCUT2D eigenvalue weighted by Gasteiger charge is 2.12. The summed E-state index contributed by atoms with van der Waals surface area (Å²) in [5, 5.41) is 2.81. The second-order valence-corrected chi connectivity index (χ2v) is 6.66. The molecule has 0 radical (unpaired) electrons. The summed E-state index contributed by atoms with van der Waals surface area (Å²) in [4.78, 5) is 11.8. The molecule has 2 rings (SSSR count). The van der Waals surface area contributed by atoms with Crippen LogP contribution in [-0.2, 0) is 10.2 Å². The van der Waals surface area contributed by atoms with Crippen molar-refractivity contribution in [3.63, 3.8) is 0 Å². The Morgan fingerprint density at radius 2 is 1.71 bits per heavy atom. The number of hydrogen-bond donors (Lipinski definition) is 1. The molecule has 0 aliphatic rings. The van der Waals surface area contributed by atoms with Gasteiger partial charge in [0.05, 0.1) is 6.54 Å². The van der Waals surface area contributed by atoms with Crippen molar-refractivity contribution in [1.82, 2.24) is 5.32 Å². The molecule has 1 N–H and O–H groups in total. The van der Waals surface area contributed by atoms with Crippen LogP contribution < -0.4 is 10.1 Å². The zero-order valence-electron chi connectivity index (χ0n) is 14.6. The van der Waals surface area contributed by atoms with Crippen molar-refractivity contribution in [2.75, 3.05) is 13.2 Å². The molecule has 0 atom stereocenters. The minimum atomic E-state index is -0.119.